The SMILES string of the molecule is CCNC(=NCC(=O)N1CCCC1)NCC(c1ccccc1Cl)N1CCOCC1.I. The largest absolute Gasteiger partial charge is 0.379 e. The summed E-state index contributed by atoms with van der Waals surface area (Å²) >= 11 is 6.51. The average Bonchev–Trinajstić information content (AvgIpc) is 3.29. The number of carbonyl (C=O) groups excluding carboxylic acids is 1. The van der Waals surface area contributed by atoms with Crippen molar-refractivity contribution in [3.8, 4) is 0 Å². The molecule has 2 fully saturated rings. The normalized spacial score (nSPS) is 18.6. The third-order valence-electron chi connectivity index (χ3n) is 5.39. The Morgan fingerprint density at radius 1 is 1.17 bits per heavy atom. The van der Waals surface area contributed by atoms with Gasteiger partial charge < -0.3 is 20.3 Å². The molecule has 1 aromatic rings. The topological polar surface area (TPSA) is 69.2 Å². The number of halogens is 2. The zero-order valence-electron chi connectivity index (χ0n) is 17.6. The summed E-state index contributed by atoms with van der Waals surface area (Å²) in [6.45, 7) is 8.44. The number of nitrogens with zero attached hydrogens (tertiary/aromatic N) is 3. The highest BCUT2D eigenvalue weighted by Gasteiger charge is 2.24. The molecule has 168 valence electrons. The van der Waals surface area contributed by atoms with Crippen LogP contribution in [0.1, 0.15) is 31.4 Å². The molecule has 3 rings (SSSR count). The molecule has 30 heavy (non-hydrogen) atoms. The summed E-state index contributed by atoms with van der Waals surface area (Å²) in [5, 5.41) is 7.42. The number of ether oxygens (including phenoxy) is 1. The highest BCUT2D eigenvalue weighted by Crippen LogP contribution is 2.27. The van der Waals surface area contributed by atoms with Crippen LogP contribution in [-0.4, -0.2) is 80.7 Å². The molecule has 2 N–H and O–H groups in total. The third kappa shape index (κ3) is 7.25. The number of amides is 1. The number of benzene rings is 1. The van der Waals surface area contributed by atoms with Gasteiger partial charge in [-0.05, 0) is 31.4 Å². The second kappa shape index (κ2) is 13.3. The molecule has 2 saturated heterocycles. The number of hydrogen-bond acceptors (Lipinski definition) is 4. The Labute approximate surface area is 201 Å². The summed E-state index contributed by atoms with van der Waals surface area (Å²) in [5.74, 6) is 0.751. The molecule has 2 heterocycles. The van der Waals surface area contributed by atoms with Crippen LogP contribution < -0.4 is 10.6 Å². The molecule has 1 unspecified atom stereocenters. The summed E-state index contributed by atoms with van der Waals surface area (Å²) in [5.41, 5.74) is 1.09. The summed E-state index contributed by atoms with van der Waals surface area (Å²) in [7, 11) is 0. The zero-order chi connectivity index (χ0) is 20.5. The number of guanidine groups is 1. The van der Waals surface area contributed by atoms with E-state index in [2.05, 4.69) is 26.6 Å². The first-order valence-corrected chi connectivity index (χ1v) is 10.9. The average molecular weight is 550 g/mol. The Balaban J connectivity index is 0.00000320. The number of likely N-dealkylation sites (tertiary alicyclic amines) is 1. The number of rotatable bonds is 7. The zero-order valence-corrected chi connectivity index (χ0v) is 20.7. The first-order chi connectivity index (χ1) is 14.2. The maximum absolute atomic E-state index is 12.3. The van der Waals surface area contributed by atoms with E-state index in [1.165, 1.54) is 0 Å². The van der Waals surface area contributed by atoms with Gasteiger partial charge in [-0.3, -0.25) is 9.69 Å². The fraction of sp³-hybridized carbons (Fsp3) is 0.619. The van der Waals surface area contributed by atoms with E-state index in [0.717, 1.165) is 69.4 Å². The summed E-state index contributed by atoms with van der Waals surface area (Å²) in [4.78, 5) is 21.1. The lowest BCUT2D eigenvalue weighted by molar-refractivity contribution is -0.128. The van der Waals surface area contributed by atoms with Crippen LogP contribution in [0.3, 0.4) is 0 Å². The molecule has 1 atom stereocenters. The monoisotopic (exact) mass is 549 g/mol. The van der Waals surface area contributed by atoms with Crippen molar-refractivity contribution in [3.63, 3.8) is 0 Å². The predicted octanol–water partition coefficient (Wildman–Crippen LogP) is 2.51. The first-order valence-electron chi connectivity index (χ1n) is 10.5. The number of morpholine rings is 1. The highest BCUT2D eigenvalue weighted by atomic mass is 127. The maximum Gasteiger partial charge on any atom is 0.244 e. The smallest absolute Gasteiger partial charge is 0.244 e. The van der Waals surface area contributed by atoms with Crippen LogP contribution >= 0.6 is 35.6 Å². The van der Waals surface area contributed by atoms with Gasteiger partial charge in [0.2, 0.25) is 5.91 Å². The van der Waals surface area contributed by atoms with Crippen molar-refractivity contribution in [2.45, 2.75) is 25.8 Å². The number of carbonyl (C=O) groups is 1. The van der Waals surface area contributed by atoms with Gasteiger partial charge in [-0.25, -0.2) is 4.99 Å². The number of aliphatic imine (C=N–C) groups is 1. The fourth-order valence-corrected chi connectivity index (χ4v) is 4.08. The Morgan fingerprint density at radius 3 is 2.53 bits per heavy atom. The molecule has 1 amide bonds. The Bertz CT molecular complexity index is 694. The van der Waals surface area contributed by atoms with Gasteiger partial charge >= 0.3 is 0 Å². The molecule has 2 aliphatic rings. The maximum atomic E-state index is 12.3. The fourth-order valence-electron chi connectivity index (χ4n) is 3.82. The van der Waals surface area contributed by atoms with Crippen molar-refractivity contribution < 1.29 is 9.53 Å². The van der Waals surface area contributed by atoms with Crippen molar-refractivity contribution in [1.29, 1.82) is 0 Å². The minimum absolute atomic E-state index is 0. The van der Waals surface area contributed by atoms with Crippen LogP contribution in [0.4, 0.5) is 0 Å². The molecule has 0 radical (unpaired) electrons. The van der Waals surface area contributed by atoms with Gasteiger partial charge in [0.1, 0.15) is 6.54 Å². The number of nitrogens with one attached hydrogen (secondary N) is 2. The van der Waals surface area contributed by atoms with Gasteiger partial charge in [-0.15, -0.1) is 24.0 Å². The van der Waals surface area contributed by atoms with Crippen molar-refractivity contribution in [1.82, 2.24) is 20.4 Å². The third-order valence-corrected chi connectivity index (χ3v) is 5.73. The molecular formula is C21H33ClIN5O2. The van der Waals surface area contributed by atoms with Crippen LogP contribution in [-0.2, 0) is 9.53 Å². The second-order valence-electron chi connectivity index (χ2n) is 7.35. The van der Waals surface area contributed by atoms with Gasteiger partial charge in [0.25, 0.3) is 0 Å². The van der Waals surface area contributed by atoms with Gasteiger partial charge in [0, 0.05) is 44.3 Å². The minimum Gasteiger partial charge on any atom is -0.379 e. The molecule has 0 bridgehead atoms. The van der Waals surface area contributed by atoms with E-state index in [1.807, 2.05) is 30.0 Å². The molecule has 9 heteroatoms. The summed E-state index contributed by atoms with van der Waals surface area (Å²) in [6.07, 6.45) is 2.18. The molecule has 0 aromatic heterocycles. The van der Waals surface area contributed by atoms with Crippen molar-refractivity contribution in [2.24, 2.45) is 4.99 Å². The van der Waals surface area contributed by atoms with Crippen molar-refractivity contribution >= 4 is 47.4 Å². The van der Waals surface area contributed by atoms with E-state index < -0.39 is 0 Å². The molecular weight excluding hydrogens is 517 g/mol. The molecule has 7 nitrogen and oxygen atoms in total. The summed E-state index contributed by atoms with van der Waals surface area (Å²) < 4.78 is 5.52. The van der Waals surface area contributed by atoms with Gasteiger partial charge in [0.15, 0.2) is 5.96 Å². The van der Waals surface area contributed by atoms with Crippen LogP contribution in [0, 0.1) is 0 Å². The first kappa shape index (κ1) is 25.2. The Kier molecular flexibility index (Phi) is 11.2. The van der Waals surface area contributed by atoms with Crippen LogP contribution in [0.2, 0.25) is 5.02 Å². The lowest BCUT2D eigenvalue weighted by Gasteiger charge is -2.35. The lowest BCUT2D eigenvalue weighted by atomic mass is 10.0. The van der Waals surface area contributed by atoms with E-state index in [4.69, 9.17) is 16.3 Å². The molecule has 0 saturated carbocycles. The Hall–Kier alpha value is -1.10. The van der Waals surface area contributed by atoms with E-state index in [-0.39, 0.29) is 42.5 Å². The van der Waals surface area contributed by atoms with Crippen LogP contribution in [0.5, 0.6) is 0 Å². The second-order valence-corrected chi connectivity index (χ2v) is 7.76. The van der Waals surface area contributed by atoms with Gasteiger partial charge in [-0.2, -0.15) is 0 Å². The van der Waals surface area contributed by atoms with Crippen molar-refractivity contribution in [2.75, 3.05) is 59.0 Å². The minimum atomic E-state index is 0. The molecule has 2 aliphatic heterocycles. The standard InChI is InChI=1S/C21H32ClN5O2.HI/c1-2-23-21(25-16-20(28)27-9-5-6-10-27)24-15-19(26-11-13-29-14-12-26)17-7-3-4-8-18(17)22;/h3-4,7-8,19H,2,5-6,9-16H2,1H3,(H2,23,24,25);1H. The van der Waals surface area contributed by atoms with Crippen LogP contribution in [0.15, 0.2) is 29.3 Å². The van der Waals surface area contributed by atoms with E-state index >= 15 is 0 Å². The highest BCUT2D eigenvalue weighted by molar-refractivity contribution is 14.0. The quantitative estimate of drug-likeness (QED) is 0.311. The van der Waals surface area contributed by atoms with E-state index in [9.17, 15) is 4.79 Å². The molecule has 0 aliphatic carbocycles. The van der Waals surface area contributed by atoms with E-state index in [1.54, 1.807) is 0 Å². The van der Waals surface area contributed by atoms with Gasteiger partial charge in [-0.1, -0.05) is 29.8 Å². The van der Waals surface area contributed by atoms with Crippen molar-refractivity contribution in [3.05, 3.63) is 34.9 Å². The van der Waals surface area contributed by atoms with Gasteiger partial charge in [0.05, 0.1) is 19.3 Å². The lowest BCUT2D eigenvalue weighted by Crippen LogP contribution is -2.46. The van der Waals surface area contributed by atoms with E-state index in [0.29, 0.717) is 12.5 Å². The molecule has 1 aromatic carbocycles. The Morgan fingerprint density at radius 2 is 1.87 bits per heavy atom. The number of hydrogen-bond donors (Lipinski definition) is 2. The van der Waals surface area contributed by atoms with Crippen LogP contribution in [0.25, 0.3) is 0 Å². The summed E-state index contributed by atoms with van der Waals surface area (Å²) in [6, 6.07) is 8.07. The molecule has 0 spiro atoms. The predicted molar refractivity (Wildman–Crippen MR) is 132 cm³/mol.